The van der Waals surface area contributed by atoms with Crippen LogP contribution in [0.2, 0.25) is 0 Å². The minimum absolute atomic E-state index is 0.392. The Morgan fingerprint density at radius 2 is 1.89 bits per heavy atom. The standard InChI is InChI=1S/C16H16N2S/c1-11-8-9-14-15(10-11)18-16(17-14)19-12(2)13-6-4-3-5-7-13/h3-10,12H,1-2H3,(H,17,18). The number of aromatic amines is 1. The number of imidazole rings is 1. The molecule has 3 rings (SSSR count). The summed E-state index contributed by atoms with van der Waals surface area (Å²) in [6.45, 7) is 4.30. The van der Waals surface area contributed by atoms with E-state index in [-0.39, 0.29) is 0 Å². The van der Waals surface area contributed by atoms with Crippen molar-refractivity contribution in [2.75, 3.05) is 0 Å². The average Bonchev–Trinajstić information content (AvgIpc) is 2.81. The Labute approximate surface area is 117 Å². The van der Waals surface area contributed by atoms with E-state index in [2.05, 4.69) is 66.3 Å². The number of fused-ring (bicyclic) bond motifs is 1. The van der Waals surface area contributed by atoms with Crippen LogP contribution in [0.25, 0.3) is 11.0 Å². The number of hydrogen-bond acceptors (Lipinski definition) is 2. The van der Waals surface area contributed by atoms with Crippen LogP contribution < -0.4 is 0 Å². The molecule has 0 radical (unpaired) electrons. The largest absolute Gasteiger partial charge is 0.333 e. The van der Waals surface area contributed by atoms with E-state index < -0.39 is 0 Å². The van der Waals surface area contributed by atoms with Crippen LogP contribution in [-0.2, 0) is 0 Å². The van der Waals surface area contributed by atoms with Gasteiger partial charge in [0.25, 0.3) is 0 Å². The van der Waals surface area contributed by atoms with Gasteiger partial charge in [0.05, 0.1) is 11.0 Å². The molecule has 0 spiro atoms. The van der Waals surface area contributed by atoms with Gasteiger partial charge in [-0.2, -0.15) is 0 Å². The highest BCUT2D eigenvalue weighted by molar-refractivity contribution is 7.99. The van der Waals surface area contributed by atoms with Crippen LogP contribution >= 0.6 is 11.8 Å². The molecule has 0 aliphatic heterocycles. The molecule has 0 fully saturated rings. The van der Waals surface area contributed by atoms with Gasteiger partial charge in [-0.05, 0) is 37.1 Å². The van der Waals surface area contributed by atoms with Crippen LogP contribution in [0.1, 0.15) is 23.3 Å². The van der Waals surface area contributed by atoms with Crippen LogP contribution in [-0.4, -0.2) is 9.97 Å². The zero-order valence-corrected chi connectivity index (χ0v) is 11.9. The lowest BCUT2D eigenvalue weighted by Crippen LogP contribution is -1.88. The smallest absolute Gasteiger partial charge is 0.166 e. The Balaban J connectivity index is 1.85. The number of aryl methyl sites for hydroxylation is 1. The van der Waals surface area contributed by atoms with Crippen LogP contribution in [0.4, 0.5) is 0 Å². The van der Waals surface area contributed by atoms with Crippen molar-refractivity contribution in [2.24, 2.45) is 0 Å². The summed E-state index contributed by atoms with van der Waals surface area (Å²) in [6, 6.07) is 16.8. The quantitative estimate of drug-likeness (QED) is 0.696. The molecule has 0 amide bonds. The Morgan fingerprint density at radius 3 is 2.68 bits per heavy atom. The summed E-state index contributed by atoms with van der Waals surface area (Å²) in [4.78, 5) is 8.02. The molecule has 0 saturated heterocycles. The first-order valence-electron chi connectivity index (χ1n) is 6.40. The number of H-pyrrole nitrogens is 1. The molecule has 96 valence electrons. The molecule has 1 N–H and O–H groups in total. The summed E-state index contributed by atoms with van der Waals surface area (Å²) in [7, 11) is 0. The maximum absolute atomic E-state index is 4.63. The predicted molar refractivity (Wildman–Crippen MR) is 81.5 cm³/mol. The van der Waals surface area contributed by atoms with Crippen molar-refractivity contribution in [1.82, 2.24) is 9.97 Å². The van der Waals surface area contributed by atoms with Gasteiger partial charge in [0.15, 0.2) is 5.16 Å². The summed E-state index contributed by atoms with van der Waals surface area (Å²) in [5, 5.41) is 1.37. The second-order valence-electron chi connectivity index (χ2n) is 4.73. The molecule has 0 aliphatic rings. The lowest BCUT2D eigenvalue weighted by molar-refractivity contribution is 1.03. The Hall–Kier alpha value is -1.74. The number of benzene rings is 2. The summed E-state index contributed by atoms with van der Waals surface area (Å²) < 4.78 is 0. The summed E-state index contributed by atoms with van der Waals surface area (Å²) in [5.41, 5.74) is 4.73. The monoisotopic (exact) mass is 268 g/mol. The minimum Gasteiger partial charge on any atom is -0.333 e. The van der Waals surface area contributed by atoms with E-state index in [1.165, 1.54) is 11.1 Å². The fourth-order valence-corrected chi connectivity index (χ4v) is 3.06. The van der Waals surface area contributed by atoms with Crippen molar-refractivity contribution in [3.8, 4) is 0 Å². The number of nitrogens with one attached hydrogen (secondary N) is 1. The minimum atomic E-state index is 0.392. The average molecular weight is 268 g/mol. The molecule has 19 heavy (non-hydrogen) atoms. The molecular weight excluding hydrogens is 252 g/mol. The molecule has 1 atom stereocenters. The third kappa shape index (κ3) is 2.66. The molecular formula is C16H16N2S. The second-order valence-corrected chi connectivity index (χ2v) is 6.06. The number of thioether (sulfide) groups is 1. The van der Waals surface area contributed by atoms with Gasteiger partial charge in [0.2, 0.25) is 0 Å². The molecule has 1 heterocycles. The van der Waals surface area contributed by atoms with Gasteiger partial charge in [0.1, 0.15) is 0 Å². The molecule has 3 aromatic rings. The van der Waals surface area contributed by atoms with Crippen molar-refractivity contribution in [3.05, 3.63) is 59.7 Å². The number of rotatable bonds is 3. The van der Waals surface area contributed by atoms with E-state index in [4.69, 9.17) is 0 Å². The van der Waals surface area contributed by atoms with E-state index in [0.717, 1.165) is 16.2 Å². The van der Waals surface area contributed by atoms with Crippen molar-refractivity contribution in [3.63, 3.8) is 0 Å². The SMILES string of the molecule is Cc1ccc2nc(SC(C)c3ccccc3)[nH]c2c1. The highest BCUT2D eigenvalue weighted by atomic mass is 32.2. The predicted octanol–water partition coefficient (Wildman–Crippen LogP) is 4.72. The van der Waals surface area contributed by atoms with E-state index >= 15 is 0 Å². The molecule has 1 aromatic heterocycles. The topological polar surface area (TPSA) is 28.7 Å². The molecule has 0 aliphatic carbocycles. The van der Waals surface area contributed by atoms with E-state index in [0.29, 0.717) is 5.25 Å². The fourth-order valence-electron chi connectivity index (χ4n) is 2.12. The van der Waals surface area contributed by atoms with Gasteiger partial charge in [0, 0.05) is 5.25 Å². The number of hydrogen-bond donors (Lipinski definition) is 1. The van der Waals surface area contributed by atoms with E-state index in [1.54, 1.807) is 11.8 Å². The van der Waals surface area contributed by atoms with E-state index in [1.807, 2.05) is 6.07 Å². The van der Waals surface area contributed by atoms with Gasteiger partial charge < -0.3 is 4.98 Å². The highest BCUT2D eigenvalue weighted by Crippen LogP contribution is 2.33. The lowest BCUT2D eigenvalue weighted by Gasteiger charge is -2.08. The fraction of sp³-hybridized carbons (Fsp3) is 0.188. The molecule has 1 unspecified atom stereocenters. The maximum atomic E-state index is 4.63. The molecule has 0 saturated carbocycles. The van der Waals surface area contributed by atoms with Crippen LogP contribution in [0, 0.1) is 6.92 Å². The second kappa shape index (κ2) is 5.10. The number of nitrogens with zero attached hydrogens (tertiary/aromatic N) is 1. The van der Waals surface area contributed by atoms with Gasteiger partial charge in [-0.3, -0.25) is 0 Å². The van der Waals surface area contributed by atoms with Crippen molar-refractivity contribution in [2.45, 2.75) is 24.3 Å². The lowest BCUT2D eigenvalue weighted by atomic mass is 10.2. The Bertz CT molecular complexity index is 688. The molecule has 2 aromatic carbocycles. The van der Waals surface area contributed by atoms with Crippen molar-refractivity contribution < 1.29 is 0 Å². The third-order valence-electron chi connectivity index (χ3n) is 3.17. The highest BCUT2D eigenvalue weighted by Gasteiger charge is 2.10. The zero-order chi connectivity index (χ0) is 13.2. The normalized spacial score (nSPS) is 12.7. The van der Waals surface area contributed by atoms with Crippen LogP contribution in [0.15, 0.2) is 53.7 Å². The summed E-state index contributed by atoms with van der Waals surface area (Å²) in [6.07, 6.45) is 0. The molecule has 3 heteroatoms. The first-order valence-corrected chi connectivity index (χ1v) is 7.28. The van der Waals surface area contributed by atoms with Crippen LogP contribution in [0.3, 0.4) is 0 Å². The maximum Gasteiger partial charge on any atom is 0.166 e. The van der Waals surface area contributed by atoms with Gasteiger partial charge in [-0.1, -0.05) is 48.2 Å². The van der Waals surface area contributed by atoms with Gasteiger partial charge in [-0.15, -0.1) is 0 Å². The molecule has 0 bridgehead atoms. The first-order chi connectivity index (χ1) is 9.22. The van der Waals surface area contributed by atoms with Crippen LogP contribution in [0.5, 0.6) is 0 Å². The Morgan fingerprint density at radius 1 is 1.11 bits per heavy atom. The Kier molecular flexibility index (Phi) is 3.30. The summed E-state index contributed by atoms with van der Waals surface area (Å²) >= 11 is 1.76. The zero-order valence-electron chi connectivity index (χ0n) is 11.1. The van der Waals surface area contributed by atoms with Crippen molar-refractivity contribution in [1.29, 1.82) is 0 Å². The molecule has 2 nitrogen and oxygen atoms in total. The first kappa shape index (κ1) is 12.3. The van der Waals surface area contributed by atoms with Gasteiger partial charge in [-0.25, -0.2) is 4.98 Å². The number of aromatic nitrogens is 2. The van der Waals surface area contributed by atoms with E-state index in [9.17, 15) is 0 Å². The third-order valence-corrected chi connectivity index (χ3v) is 4.22. The van der Waals surface area contributed by atoms with Gasteiger partial charge >= 0.3 is 0 Å². The summed E-state index contributed by atoms with van der Waals surface area (Å²) in [5.74, 6) is 0. The van der Waals surface area contributed by atoms with Crippen molar-refractivity contribution >= 4 is 22.8 Å².